The Balaban J connectivity index is 1.49. The molecule has 2 unspecified atom stereocenters. The first kappa shape index (κ1) is 22.0. The molecule has 2 heterocycles. The van der Waals surface area contributed by atoms with E-state index in [2.05, 4.69) is 15.4 Å². The Hall–Kier alpha value is -2.74. The first-order chi connectivity index (χ1) is 14.3. The number of rotatable bonds is 6. The highest BCUT2D eigenvalue weighted by Crippen LogP contribution is 2.17. The second kappa shape index (κ2) is 9.38. The van der Waals surface area contributed by atoms with E-state index in [0.717, 1.165) is 16.8 Å². The first-order valence-corrected chi connectivity index (χ1v) is 10.3. The molecule has 2 aromatic rings. The number of carbonyl (C=O) groups excluding carboxylic acids is 2. The third kappa shape index (κ3) is 5.05. The van der Waals surface area contributed by atoms with Crippen molar-refractivity contribution in [3.63, 3.8) is 0 Å². The number of aryl methyl sites for hydroxylation is 2. The third-order valence-electron chi connectivity index (χ3n) is 5.83. The van der Waals surface area contributed by atoms with Gasteiger partial charge < -0.3 is 14.7 Å². The molecule has 1 aliphatic rings. The quantitative estimate of drug-likeness (QED) is 0.782. The first-order valence-electron chi connectivity index (χ1n) is 10.3. The van der Waals surface area contributed by atoms with Crippen molar-refractivity contribution in [2.24, 2.45) is 0 Å². The highest BCUT2D eigenvalue weighted by Gasteiger charge is 2.28. The van der Waals surface area contributed by atoms with Crippen LogP contribution in [0, 0.1) is 19.7 Å². The molecule has 0 radical (unpaired) electrons. The number of hydrogen-bond donors (Lipinski definition) is 1. The molecule has 1 aliphatic heterocycles. The molecule has 1 saturated heterocycles. The van der Waals surface area contributed by atoms with Crippen LogP contribution in [0.3, 0.4) is 0 Å². The monoisotopic (exact) mass is 416 g/mol. The molecule has 8 heteroatoms. The van der Waals surface area contributed by atoms with Gasteiger partial charge in [0.25, 0.3) is 0 Å². The summed E-state index contributed by atoms with van der Waals surface area (Å²) in [6.45, 7) is 9.82. The van der Waals surface area contributed by atoms with Gasteiger partial charge >= 0.3 is 0 Å². The molecule has 30 heavy (non-hydrogen) atoms. The number of piperazine rings is 1. The lowest BCUT2D eigenvalue weighted by atomic mass is 10.1. The molecule has 0 aliphatic carbocycles. The number of amides is 2. The van der Waals surface area contributed by atoms with Crippen molar-refractivity contribution in [3.05, 3.63) is 52.7 Å². The smallest absolute Gasteiger partial charge is 0.237 e. The highest BCUT2D eigenvalue weighted by atomic mass is 19.1. The van der Waals surface area contributed by atoms with Gasteiger partial charge in [-0.05, 0) is 45.4 Å². The number of nitrogens with zero attached hydrogens (tertiary/aromatic N) is 3. The van der Waals surface area contributed by atoms with Crippen LogP contribution in [0.1, 0.15) is 42.5 Å². The molecule has 7 nitrogen and oxygen atoms in total. The number of hydrogen-bond acceptors (Lipinski definition) is 5. The molecular formula is C22H29FN4O3. The summed E-state index contributed by atoms with van der Waals surface area (Å²) in [6, 6.07) is 5.61. The summed E-state index contributed by atoms with van der Waals surface area (Å²) in [5, 5.41) is 6.89. The average Bonchev–Trinajstić information content (AvgIpc) is 3.05. The molecule has 1 aromatic carbocycles. The van der Waals surface area contributed by atoms with Crippen LogP contribution in [0.4, 0.5) is 4.39 Å². The van der Waals surface area contributed by atoms with Crippen molar-refractivity contribution < 1.29 is 18.5 Å². The SMILES string of the molecule is Cc1noc(C)c1CC(=O)N1CCN(C(C)C(=O)NC(C)c2ccc(F)cc2)CC1. The zero-order chi connectivity index (χ0) is 21.8. The van der Waals surface area contributed by atoms with Crippen LogP contribution in [0.25, 0.3) is 0 Å². The summed E-state index contributed by atoms with van der Waals surface area (Å²) in [5.41, 5.74) is 2.46. The molecule has 0 bridgehead atoms. The van der Waals surface area contributed by atoms with Gasteiger partial charge in [0.15, 0.2) is 0 Å². The maximum absolute atomic E-state index is 13.1. The van der Waals surface area contributed by atoms with E-state index in [-0.39, 0.29) is 36.1 Å². The minimum atomic E-state index is -0.312. The molecule has 2 atom stereocenters. The molecule has 162 valence electrons. The highest BCUT2D eigenvalue weighted by molar-refractivity contribution is 5.82. The Kier molecular flexibility index (Phi) is 6.87. The van der Waals surface area contributed by atoms with Crippen LogP contribution in [-0.2, 0) is 16.0 Å². The van der Waals surface area contributed by atoms with Gasteiger partial charge in [-0.3, -0.25) is 14.5 Å². The topological polar surface area (TPSA) is 78.7 Å². The van der Waals surface area contributed by atoms with Crippen LogP contribution >= 0.6 is 0 Å². The van der Waals surface area contributed by atoms with E-state index < -0.39 is 0 Å². The molecule has 1 fully saturated rings. The second-order valence-electron chi connectivity index (χ2n) is 7.85. The largest absolute Gasteiger partial charge is 0.361 e. The Bertz CT molecular complexity index is 869. The fourth-order valence-electron chi connectivity index (χ4n) is 3.71. The molecule has 1 aromatic heterocycles. The lowest BCUT2D eigenvalue weighted by Crippen LogP contribution is -2.55. The van der Waals surface area contributed by atoms with Gasteiger partial charge in [0.05, 0.1) is 24.2 Å². The van der Waals surface area contributed by atoms with E-state index in [0.29, 0.717) is 31.9 Å². The van der Waals surface area contributed by atoms with Crippen LogP contribution in [0.2, 0.25) is 0 Å². The molecule has 0 saturated carbocycles. The summed E-state index contributed by atoms with van der Waals surface area (Å²) in [7, 11) is 0. The predicted octanol–water partition coefficient (Wildman–Crippen LogP) is 2.38. The standard InChI is InChI=1S/C22H29FN4O3/c1-14(18-5-7-19(23)8-6-18)24-22(29)16(3)26-9-11-27(12-10-26)21(28)13-20-15(2)25-30-17(20)4/h5-8,14,16H,9-13H2,1-4H3,(H,24,29). The average molecular weight is 416 g/mol. The van der Waals surface area contributed by atoms with E-state index in [9.17, 15) is 14.0 Å². The number of halogens is 1. The molecule has 3 rings (SSSR count). The fraction of sp³-hybridized carbons (Fsp3) is 0.500. The minimum absolute atomic E-state index is 0.0473. The molecule has 2 amide bonds. The van der Waals surface area contributed by atoms with Crippen LogP contribution in [0.15, 0.2) is 28.8 Å². The molecular weight excluding hydrogens is 387 g/mol. The van der Waals surface area contributed by atoms with Gasteiger partial charge in [-0.15, -0.1) is 0 Å². The summed E-state index contributed by atoms with van der Waals surface area (Å²) in [5.74, 6) is 0.348. The zero-order valence-corrected chi connectivity index (χ0v) is 17.9. The number of carbonyl (C=O) groups is 2. The van der Waals surface area contributed by atoms with E-state index in [1.54, 1.807) is 12.1 Å². The van der Waals surface area contributed by atoms with Crippen molar-refractivity contribution >= 4 is 11.8 Å². The van der Waals surface area contributed by atoms with Crippen LogP contribution < -0.4 is 5.32 Å². The van der Waals surface area contributed by atoms with Gasteiger partial charge in [0, 0.05) is 31.7 Å². The normalized spacial score (nSPS) is 16.9. The summed E-state index contributed by atoms with van der Waals surface area (Å²) in [6.07, 6.45) is 0.284. The minimum Gasteiger partial charge on any atom is -0.361 e. The van der Waals surface area contributed by atoms with Gasteiger partial charge in [-0.1, -0.05) is 17.3 Å². The molecule has 0 spiro atoms. The predicted molar refractivity (Wildman–Crippen MR) is 110 cm³/mol. The van der Waals surface area contributed by atoms with E-state index in [1.807, 2.05) is 32.6 Å². The van der Waals surface area contributed by atoms with Gasteiger partial charge in [0.1, 0.15) is 11.6 Å². The summed E-state index contributed by atoms with van der Waals surface area (Å²) >= 11 is 0. The van der Waals surface area contributed by atoms with E-state index in [1.165, 1.54) is 12.1 Å². The Morgan fingerprint density at radius 2 is 1.77 bits per heavy atom. The van der Waals surface area contributed by atoms with Crippen LogP contribution in [0.5, 0.6) is 0 Å². The van der Waals surface area contributed by atoms with Crippen LogP contribution in [-0.4, -0.2) is 59.0 Å². The maximum Gasteiger partial charge on any atom is 0.237 e. The third-order valence-corrected chi connectivity index (χ3v) is 5.83. The summed E-state index contributed by atoms with van der Waals surface area (Å²) in [4.78, 5) is 29.2. The van der Waals surface area contributed by atoms with Crippen molar-refractivity contribution in [3.8, 4) is 0 Å². The second-order valence-corrected chi connectivity index (χ2v) is 7.85. The van der Waals surface area contributed by atoms with Crippen molar-refractivity contribution in [2.75, 3.05) is 26.2 Å². The van der Waals surface area contributed by atoms with Crippen molar-refractivity contribution in [1.29, 1.82) is 0 Å². The zero-order valence-electron chi connectivity index (χ0n) is 17.9. The Labute approximate surface area is 176 Å². The number of benzene rings is 1. The van der Waals surface area contributed by atoms with Crippen molar-refractivity contribution in [2.45, 2.75) is 46.2 Å². The Morgan fingerprint density at radius 3 is 2.33 bits per heavy atom. The van der Waals surface area contributed by atoms with Gasteiger partial charge in [-0.25, -0.2) is 4.39 Å². The Morgan fingerprint density at radius 1 is 1.13 bits per heavy atom. The lowest BCUT2D eigenvalue weighted by molar-refractivity contribution is -0.133. The summed E-state index contributed by atoms with van der Waals surface area (Å²) < 4.78 is 18.2. The number of aromatic nitrogens is 1. The van der Waals surface area contributed by atoms with E-state index in [4.69, 9.17) is 4.52 Å². The molecule has 1 N–H and O–H groups in total. The number of nitrogens with one attached hydrogen (secondary N) is 1. The van der Waals surface area contributed by atoms with Gasteiger partial charge in [-0.2, -0.15) is 0 Å². The lowest BCUT2D eigenvalue weighted by Gasteiger charge is -2.37. The fourth-order valence-corrected chi connectivity index (χ4v) is 3.71. The maximum atomic E-state index is 13.1. The van der Waals surface area contributed by atoms with E-state index >= 15 is 0 Å². The van der Waals surface area contributed by atoms with Gasteiger partial charge in [0.2, 0.25) is 11.8 Å². The van der Waals surface area contributed by atoms with Crippen molar-refractivity contribution in [1.82, 2.24) is 20.3 Å².